The Balaban J connectivity index is 2.08. The van der Waals surface area contributed by atoms with E-state index in [1.165, 1.54) is 32.9 Å². The van der Waals surface area contributed by atoms with Crippen molar-refractivity contribution in [2.45, 2.75) is 0 Å². The standard InChI is InChI=1S/C22H18ClN2O/c1-24-19-10-13(23)8-9-16(19)22-21-17(11-14(26-3)12-20(21)24)15-6-4-5-7-18(15)25(22)2/h4-12H,1-3H3/q+1. The van der Waals surface area contributed by atoms with Gasteiger partial charge in [-0.15, -0.1) is 0 Å². The molecule has 4 heteroatoms. The lowest BCUT2D eigenvalue weighted by Crippen LogP contribution is -2.34. The van der Waals surface area contributed by atoms with Crippen LogP contribution in [0.25, 0.3) is 32.9 Å². The van der Waals surface area contributed by atoms with Crippen LogP contribution in [0.1, 0.15) is 0 Å². The molecule has 0 saturated carbocycles. The lowest BCUT2D eigenvalue weighted by atomic mass is 9.93. The molecule has 26 heavy (non-hydrogen) atoms. The average molecular weight is 362 g/mol. The molecule has 0 aliphatic carbocycles. The highest BCUT2D eigenvalue weighted by atomic mass is 35.5. The molecule has 5 rings (SSSR count). The Morgan fingerprint density at radius 2 is 1.77 bits per heavy atom. The van der Waals surface area contributed by atoms with Crippen molar-refractivity contribution in [2.24, 2.45) is 7.05 Å². The maximum Gasteiger partial charge on any atom is 0.224 e. The summed E-state index contributed by atoms with van der Waals surface area (Å²) in [5.41, 5.74) is 5.82. The molecule has 1 aliphatic rings. The van der Waals surface area contributed by atoms with Gasteiger partial charge in [-0.3, -0.25) is 0 Å². The number of para-hydroxylation sites is 1. The molecule has 0 bridgehead atoms. The van der Waals surface area contributed by atoms with Gasteiger partial charge in [-0.1, -0.05) is 23.7 Å². The number of nitrogens with zero attached hydrogens (tertiary/aromatic N) is 2. The van der Waals surface area contributed by atoms with Crippen molar-refractivity contribution in [3.63, 3.8) is 0 Å². The zero-order valence-electron chi connectivity index (χ0n) is 14.9. The Kier molecular flexibility index (Phi) is 3.19. The zero-order valence-corrected chi connectivity index (χ0v) is 15.6. The van der Waals surface area contributed by atoms with Crippen molar-refractivity contribution in [3.05, 3.63) is 59.6 Å². The zero-order chi connectivity index (χ0) is 18.0. The highest BCUT2D eigenvalue weighted by molar-refractivity contribution is 6.31. The van der Waals surface area contributed by atoms with Crippen LogP contribution in [0.4, 0.5) is 11.4 Å². The number of hydrogen-bond donors (Lipinski definition) is 0. The Morgan fingerprint density at radius 1 is 0.962 bits per heavy atom. The second-order valence-electron chi connectivity index (χ2n) is 6.71. The quantitative estimate of drug-likeness (QED) is 0.341. The topological polar surface area (TPSA) is 16.4 Å². The summed E-state index contributed by atoms with van der Waals surface area (Å²) in [6.45, 7) is 0. The summed E-state index contributed by atoms with van der Waals surface area (Å²) in [6.07, 6.45) is 0. The van der Waals surface area contributed by atoms with E-state index in [0.29, 0.717) is 0 Å². The monoisotopic (exact) mass is 361 g/mol. The number of pyridine rings is 1. The molecule has 128 valence electrons. The van der Waals surface area contributed by atoms with Crippen LogP contribution in [-0.2, 0) is 7.05 Å². The van der Waals surface area contributed by atoms with Crippen molar-refractivity contribution >= 4 is 44.7 Å². The first-order valence-corrected chi connectivity index (χ1v) is 8.94. The third kappa shape index (κ3) is 1.92. The fraction of sp³-hybridized carbons (Fsp3) is 0.136. The predicted molar refractivity (Wildman–Crippen MR) is 108 cm³/mol. The average Bonchev–Trinajstić information content (AvgIpc) is 2.67. The first kappa shape index (κ1) is 15.5. The van der Waals surface area contributed by atoms with Crippen molar-refractivity contribution in [1.29, 1.82) is 0 Å². The normalized spacial score (nSPS) is 12.5. The van der Waals surface area contributed by atoms with Crippen molar-refractivity contribution in [2.75, 3.05) is 19.1 Å². The molecule has 1 aliphatic heterocycles. The molecule has 2 heterocycles. The van der Waals surface area contributed by atoms with Gasteiger partial charge in [-0.2, -0.15) is 4.57 Å². The highest BCUT2D eigenvalue weighted by Gasteiger charge is 2.31. The molecule has 4 aromatic rings. The number of aromatic nitrogens is 1. The molecular formula is C22H18ClN2O+. The van der Waals surface area contributed by atoms with Gasteiger partial charge in [0.1, 0.15) is 12.8 Å². The van der Waals surface area contributed by atoms with Crippen LogP contribution in [0.15, 0.2) is 54.6 Å². The first-order valence-electron chi connectivity index (χ1n) is 8.56. The molecule has 0 saturated heterocycles. The van der Waals surface area contributed by atoms with Gasteiger partial charge < -0.3 is 9.64 Å². The minimum Gasteiger partial charge on any atom is -0.497 e. The van der Waals surface area contributed by atoms with Crippen molar-refractivity contribution < 1.29 is 9.30 Å². The van der Waals surface area contributed by atoms with Crippen LogP contribution >= 0.6 is 11.6 Å². The summed E-state index contributed by atoms with van der Waals surface area (Å²) in [7, 11) is 5.93. The largest absolute Gasteiger partial charge is 0.497 e. The molecule has 1 aromatic heterocycles. The van der Waals surface area contributed by atoms with Crippen LogP contribution < -0.4 is 14.2 Å². The van der Waals surface area contributed by atoms with E-state index in [4.69, 9.17) is 16.3 Å². The lowest BCUT2D eigenvalue weighted by molar-refractivity contribution is -0.632. The van der Waals surface area contributed by atoms with Crippen LogP contribution in [-0.4, -0.2) is 14.2 Å². The van der Waals surface area contributed by atoms with E-state index in [1.54, 1.807) is 7.11 Å². The molecule has 0 atom stereocenters. The third-order valence-electron chi connectivity index (χ3n) is 5.39. The minimum absolute atomic E-state index is 0.738. The van der Waals surface area contributed by atoms with Crippen LogP contribution in [0, 0.1) is 0 Å². The maximum absolute atomic E-state index is 6.31. The lowest BCUT2D eigenvalue weighted by Gasteiger charge is -2.29. The summed E-state index contributed by atoms with van der Waals surface area (Å²) in [4.78, 5) is 2.20. The van der Waals surface area contributed by atoms with Gasteiger partial charge >= 0.3 is 0 Å². The molecule has 0 amide bonds. The van der Waals surface area contributed by atoms with E-state index >= 15 is 0 Å². The van der Waals surface area contributed by atoms with Crippen molar-refractivity contribution in [1.82, 2.24) is 0 Å². The minimum atomic E-state index is 0.738. The van der Waals surface area contributed by atoms with Crippen molar-refractivity contribution in [3.8, 4) is 17.0 Å². The van der Waals surface area contributed by atoms with Gasteiger partial charge in [0.05, 0.1) is 34.8 Å². The first-order chi connectivity index (χ1) is 12.6. The Morgan fingerprint density at radius 3 is 2.58 bits per heavy atom. The fourth-order valence-electron chi connectivity index (χ4n) is 4.15. The molecular weight excluding hydrogens is 344 g/mol. The number of aryl methyl sites for hydroxylation is 1. The third-order valence-corrected chi connectivity index (χ3v) is 5.63. The smallest absolute Gasteiger partial charge is 0.224 e. The number of fused-ring (bicyclic) bond motifs is 4. The molecule has 0 spiro atoms. The Bertz CT molecular complexity index is 1220. The van der Waals surface area contributed by atoms with E-state index in [-0.39, 0.29) is 0 Å². The highest BCUT2D eigenvalue weighted by Crippen LogP contribution is 2.48. The molecule has 0 radical (unpaired) electrons. The van der Waals surface area contributed by atoms with E-state index < -0.39 is 0 Å². The van der Waals surface area contributed by atoms with E-state index in [9.17, 15) is 0 Å². The summed E-state index contributed by atoms with van der Waals surface area (Å²) >= 11 is 6.31. The molecule has 0 N–H and O–H groups in total. The van der Waals surface area contributed by atoms with Gasteiger partial charge in [-0.25, -0.2) is 0 Å². The number of rotatable bonds is 1. The summed E-state index contributed by atoms with van der Waals surface area (Å²) in [5.74, 6) is 0.856. The molecule has 0 fully saturated rings. The van der Waals surface area contributed by atoms with Crippen LogP contribution in [0.3, 0.4) is 0 Å². The van der Waals surface area contributed by atoms with E-state index in [1.807, 2.05) is 12.1 Å². The number of benzene rings is 3. The van der Waals surface area contributed by atoms with Gasteiger partial charge in [-0.05, 0) is 30.3 Å². The number of halogens is 1. The predicted octanol–water partition coefficient (Wildman–Crippen LogP) is 5.23. The molecule has 3 aromatic carbocycles. The number of hydrogen-bond acceptors (Lipinski definition) is 2. The Hall–Kier alpha value is -2.78. The maximum atomic E-state index is 6.31. The van der Waals surface area contributed by atoms with Gasteiger partial charge in [0, 0.05) is 29.6 Å². The number of ether oxygens (including phenoxy) is 1. The molecule has 0 unspecified atom stereocenters. The number of anilines is 2. The summed E-state index contributed by atoms with van der Waals surface area (Å²) in [5, 5.41) is 4.40. The fourth-order valence-corrected chi connectivity index (χ4v) is 4.32. The van der Waals surface area contributed by atoms with E-state index in [2.05, 4.69) is 66.0 Å². The number of methoxy groups -OCH3 is 1. The SMILES string of the molecule is COc1cc2c3c([n+](C)c4ccccc4c3c1)-c1ccc(Cl)cc1N2C. The van der Waals surface area contributed by atoms with Crippen LogP contribution in [0.5, 0.6) is 5.75 Å². The van der Waals surface area contributed by atoms with Gasteiger partial charge in [0.25, 0.3) is 0 Å². The van der Waals surface area contributed by atoms with Gasteiger partial charge in [0.2, 0.25) is 11.2 Å². The van der Waals surface area contributed by atoms with Crippen LogP contribution in [0.2, 0.25) is 5.02 Å². The van der Waals surface area contributed by atoms with Gasteiger partial charge in [0.15, 0.2) is 0 Å². The molecule has 3 nitrogen and oxygen atoms in total. The summed E-state index contributed by atoms with van der Waals surface area (Å²) < 4.78 is 7.89. The van der Waals surface area contributed by atoms with E-state index in [0.717, 1.165) is 22.1 Å². The summed E-state index contributed by atoms with van der Waals surface area (Å²) in [6, 6.07) is 18.9. The second-order valence-corrected chi connectivity index (χ2v) is 7.15. The Labute approximate surface area is 157 Å². The second kappa shape index (κ2) is 5.36.